The first-order chi connectivity index (χ1) is 11.4. The molecule has 1 unspecified atom stereocenters. The van der Waals surface area contributed by atoms with Gasteiger partial charge in [-0.05, 0) is 42.9 Å². The van der Waals surface area contributed by atoms with Crippen molar-refractivity contribution < 1.29 is 14.3 Å². The van der Waals surface area contributed by atoms with Crippen LogP contribution in [0.15, 0.2) is 48.5 Å². The summed E-state index contributed by atoms with van der Waals surface area (Å²) in [6.45, 7) is 1.15. The summed E-state index contributed by atoms with van der Waals surface area (Å²) < 4.78 is 13.3. The van der Waals surface area contributed by atoms with E-state index in [0.29, 0.717) is 6.54 Å². The van der Waals surface area contributed by atoms with Crippen LogP contribution < -0.4 is 0 Å². The van der Waals surface area contributed by atoms with Crippen LogP contribution in [0.25, 0.3) is 0 Å². The molecule has 1 atom stereocenters. The molecule has 1 N–H and O–H groups in total. The number of hydrogen-bond donors (Lipinski definition) is 1. The van der Waals surface area contributed by atoms with E-state index in [4.69, 9.17) is 0 Å². The average molecular weight is 330 g/mol. The van der Waals surface area contributed by atoms with Crippen LogP contribution in [0.1, 0.15) is 22.8 Å². The van der Waals surface area contributed by atoms with Gasteiger partial charge in [-0.2, -0.15) is 0 Å². The van der Waals surface area contributed by atoms with Crippen molar-refractivity contribution in [2.45, 2.75) is 19.2 Å². The third-order valence-corrected chi connectivity index (χ3v) is 3.79. The van der Waals surface area contributed by atoms with Crippen molar-refractivity contribution >= 4 is 5.91 Å². The van der Waals surface area contributed by atoms with Crippen LogP contribution in [-0.2, 0) is 17.9 Å². The molecule has 0 fully saturated rings. The molecule has 0 aromatic heterocycles. The molecule has 0 saturated heterocycles. The highest BCUT2D eigenvalue weighted by Crippen LogP contribution is 2.19. The summed E-state index contributed by atoms with van der Waals surface area (Å²) in [5, 5.41) is 10.2. The Kier molecular flexibility index (Phi) is 6.06. The van der Waals surface area contributed by atoms with Gasteiger partial charge in [0, 0.05) is 20.1 Å². The second kappa shape index (κ2) is 8.04. The van der Waals surface area contributed by atoms with E-state index in [0.717, 1.165) is 17.7 Å². The van der Waals surface area contributed by atoms with Gasteiger partial charge in [0.25, 0.3) is 5.91 Å². The molecule has 0 spiro atoms. The number of aliphatic hydroxyl groups is 1. The number of benzene rings is 2. The van der Waals surface area contributed by atoms with Crippen molar-refractivity contribution in [1.29, 1.82) is 0 Å². The van der Waals surface area contributed by atoms with E-state index >= 15 is 0 Å². The van der Waals surface area contributed by atoms with Crippen LogP contribution in [0.5, 0.6) is 0 Å². The van der Waals surface area contributed by atoms with E-state index in [1.807, 2.05) is 38.4 Å². The van der Waals surface area contributed by atoms with Gasteiger partial charge in [-0.1, -0.05) is 36.4 Å². The zero-order chi connectivity index (χ0) is 17.7. The number of rotatable bonds is 6. The molecule has 1 amide bonds. The third-order valence-electron chi connectivity index (χ3n) is 3.79. The highest BCUT2D eigenvalue weighted by molar-refractivity contribution is 5.81. The first-order valence-corrected chi connectivity index (χ1v) is 7.78. The maximum Gasteiger partial charge on any atom is 0.256 e. The van der Waals surface area contributed by atoms with Crippen molar-refractivity contribution in [1.82, 2.24) is 9.80 Å². The summed E-state index contributed by atoms with van der Waals surface area (Å²) in [5.41, 5.74) is 2.41. The quantitative estimate of drug-likeness (QED) is 0.885. The van der Waals surface area contributed by atoms with E-state index in [1.54, 1.807) is 13.1 Å². The summed E-state index contributed by atoms with van der Waals surface area (Å²) >= 11 is 0. The number of aliphatic hydroxyl groups excluding tert-OH is 1. The minimum Gasteiger partial charge on any atom is -0.378 e. The molecular weight excluding hydrogens is 307 g/mol. The Hall–Kier alpha value is -2.24. The van der Waals surface area contributed by atoms with E-state index in [2.05, 4.69) is 4.90 Å². The van der Waals surface area contributed by atoms with Gasteiger partial charge in [-0.15, -0.1) is 0 Å². The predicted octanol–water partition coefficient (Wildman–Crippen LogP) is 2.58. The number of halogens is 1. The predicted molar refractivity (Wildman–Crippen MR) is 91.7 cm³/mol. The van der Waals surface area contributed by atoms with Crippen molar-refractivity contribution in [3.8, 4) is 0 Å². The molecule has 2 aromatic rings. The second-order valence-corrected chi connectivity index (χ2v) is 6.16. The number of carbonyl (C=O) groups is 1. The fraction of sp³-hybridized carbons (Fsp3) is 0.316. The highest BCUT2D eigenvalue weighted by atomic mass is 19.1. The molecule has 128 valence electrons. The van der Waals surface area contributed by atoms with Crippen LogP contribution >= 0.6 is 0 Å². The number of nitrogens with zero attached hydrogens (tertiary/aromatic N) is 2. The van der Waals surface area contributed by atoms with Gasteiger partial charge in [0.2, 0.25) is 0 Å². The van der Waals surface area contributed by atoms with Crippen LogP contribution in [0, 0.1) is 5.82 Å². The first kappa shape index (κ1) is 18.1. The largest absolute Gasteiger partial charge is 0.378 e. The number of carbonyl (C=O) groups excluding carboxylic acids is 1. The van der Waals surface area contributed by atoms with Crippen LogP contribution in [0.2, 0.25) is 0 Å². The smallest absolute Gasteiger partial charge is 0.256 e. The molecule has 0 radical (unpaired) electrons. The third kappa shape index (κ3) is 4.63. The molecule has 0 heterocycles. The van der Waals surface area contributed by atoms with E-state index in [1.165, 1.54) is 23.1 Å². The van der Waals surface area contributed by atoms with Crippen molar-refractivity contribution in [3.63, 3.8) is 0 Å². The lowest BCUT2D eigenvalue weighted by atomic mass is 10.1. The Morgan fingerprint density at radius 1 is 1.04 bits per heavy atom. The number of hydrogen-bond acceptors (Lipinski definition) is 3. The molecule has 24 heavy (non-hydrogen) atoms. The SMILES string of the molecule is CN(C)Cc1ccccc1CN(C)C(=O)C(O)c1cccc(F)c1. The molecule has 0 aliphatic heterocycles. The van der Waals surface area contributed by atoms with E-state index in [9.17, 15) is 14.3 Å². The first-order valence-electron chi connectivity index (χ1n) is 7.78. The normalized spacial score (nSPS) is 12.2. The fourth-order valence-electron chi connectivity index (χ4n) is 2.57. The zero-order valence-corrected chi connectivity index (χ0v) is 14.2. The van der Waals surface area contributed by atoms with Crippen molar-refractivity contribution in [2.75, 3.05) is 21.1 Å². The van der Waals surface area contributed by atoms with Gasteiger partial charge in [-0.3, -0.25) is 4.79 Å². The molecule has 5 heteroatoms. The lowest BCUT2D eigenvalue weighted by molar-refractivity contribution is -0.139. The summed E-state index contributed by atoms with van der Waals surface area (Å²) in [5.74, 6) is -0.932. The van der Waals surface area contributed by atoms with Gasteiger partial charge in [0.1, 0.15) is 5.82 Å². The molecule has 2 rings (SSSR count). The Morgan fingerprint density at radius 2 is 1.67 bits per heavy atom. The van der Waals surface area contributed by atoms with Crippen molar-refractivity contribution in [3.05, 3.63) is 71.0 Å². The van der Waals surface area contributed by atoms with E-state index < -0.39 is 17.8 Å². The molecule has 0 aliphatic rings. The maximum atomic E-state index is 13.3. The molecule has 2 aromatic carbocycles. The van der Waals surface area contributed by atoms with Crippen LogP contribution in [0.4, 0.5) is 4.39 Å². The summed E-state index contributed by atoms with van der Waals surface area (Å²) in [4.78, 5) is 16.0. The standard InChI is InChI=1S/C19H23FN2O2/c1-21(2)12-15-7-4-5-8-16(15)13-22(3)19(24)18(23)14-9-6-10-17(20)11-14/h4-11,18,23H,12-13H2,1-3H3. The minimum atomic E-state index is -1.37. The topological polar surface area (TPSA) is 43.8 Å². The van der Waals surface area contributed by atoms with Gasteiger partial charge >= 0.3 is 0 Å². The summed E-state index contributed by atoms with van der Waals surface area (Å²) in [7, 11) is 5.61. The minimum absolute atomic E-state index is 0.258. The van der Waals surface area contributed by atoms with Crippen LogP contribution in [0.3, 0.4) is 0 Å². The van der Waals surface area contributed by atoms with E-state index in [-0.39, 0.29) is 5.56 Å². The van der Waals surface area contributed by atoms with Gasteiger partial charge in [0.05, 0.1) is 0 Å². The zero-order valence-electron chi connectivity index (χ0n) is 14.2. The number of likely N-dealkylation sites (N-methyl/N-ethyl adjacent to an activating group) is 1. The monoisotopic (exact) mass is 330 g/mol. The molecule has 0 bridgehead atoms. The molecular formula is C19H23FN2O2. The Balaban J connectivity index is 2.12. The Morgan fingerprint density at radius 3 is 2.25 bits per heavy atom. The lowest BCUT2D eigenvalue weighted by Crippen LogP contribution is -2.31. The Bertz CT molecular complexity index is 703. The van der Waals surface area contributed by atoms with Crippen molar-refractivity contribution in [2.24, 2.45) is 0 Å². The summed E-state index contributed by atoms with van der Waals surface area (Å²) in [6, 6.07) is 13.4. The molecule has 0 aliphatic carbocycles. The average Bonchev–Trinajstić information content (AvgIpc) is 2.54. The molecule has 0 saturated carbocycles. The lowest BCUT2D eigenvalue weighted by Gasteiger charge is -2.23. The highest BCUT2D eigenvalue weighted by Gasteiger charge is 2.22. The van der Waals surface area contributed by atoms with Gasteiger partial charge in [0.15, 0.2) is 6.10 Å². The molecule has 4 nitrogen and oxygen atoms in total. The second-order valence-electron chi connectivity index (χ2n) is 6.16. The summed E-state index contributed by atoms with van der Waals surface area (Å²) in [6.07, 6.45) is -1.37. The fourth-order valence-corrected chi connectivity index (χ4v) is 2.57. The Labute approximate surface area is 142 Å². The van der Waals surface area contributed by atoms with Crippen LogP contribution in [-0.4, -0.2) is 42.0 Å². The number of amides is 1. The van der Waals surface area contributed by atoms with Gasteiger partial charge in [-0.25, -0.2) is 4.39 Å². The van der Waals surface area contributed by atoms with Gasteiger partial charge < -0.3 is 14.9 Å². The maximum absolute atomic E-state index is 13.3.